The zero-order chi connectivity index (χ0) is 12.4. The first-order valence-electron chi connectivity index (χ1n) is 5.49. The van der Waals surface area contributed by atoms with Gasteiger partial charge in [0.15, 0.2) is 0 Å². The van der Waals surface area contributed by atoms with Crippen LogP contribution in [-0.2, 0) is 0 Å². The van der Waals surface area contributed by atoms with Gasteiger partial charge in [0.2, 0.25) is 0 Å². The minimum Gasteiger partial charge on any atom is -0.507 e. The molecule has 0 bridgehead atoms. The summed E-state index contributed by atoms with van der Waals surface area (Å²) in [7, 11) is 0. The van der Waals surface area contributed by atoms with Gasteiger partial charge >= 0.3 is 0 Å². The van der Waals surface area contributed by atoms with E-state index in [-0.39, 0.29) is 17.7 Å². The van der Waals surface area contributed by atoms with E-state index in [2.05, 4.69) is 22.6 Å². The average Bonchev–Trinajstić information content (AvgIpc) is 2.79. The Hall–Kier alpha value is -0.490. The monoisotopic (exact) mass is 365 g/mol. The fraction of sp³-hybridized carbons (Fsp3) is 0.417. The molecule has 1 aromatic carbocycles. The third-order valence-electron chi connectivity index (χ3n) is 3.01. The number of benzene rings is 1. The molecule has 0 spiro atoms. The summed E-state index contributed by atoms with van der Waals surface area (Å²) in [6, 6.07) is 5.14. The highest BCUT2D eigenvalue weighted by Crippen LogP contribution is 2.26. The number of likely N-dealkylation sites (tertiary alicyclic amines) is 1. The summed E-state index contributed by atoms with van der Waals surface area (Å²) in [5.74, 6) is 0.371. The van der Waals surface area contributed by atoms with E-state index in [4.69, 9.17) is 11.6 Å². The van der Waals surface area contributed by atoms with Gasteiger partial charge in [-0.15, -0.1) is 11.6 Å². The van der Waals surface area contributed by atoms with Crippen molar-refractivity contribution in [1.29, 1.82) is 0 Å². The van der Waals surface area contributed by atoms with E-state index in [1.165, 1.54) is 0 Å². The molecule has 1 aliphatic rings. The Balaban J connectivity index is 2.27. The van der Waals surface area contributed by atoms with Crippen molar-refractivity contribution >= 4 is 40.1 Å². The van der Waals surface area contributed by atoms with Crippen LogP contribution in [0.1, 0.15) is 23.2 Å². The van der Waals surface area contributed by atoms with Crippen molar-refractivity contribution < 1.29 is 9.90 Å². The van der Waals surface area contributed by atoms with Crippen LogP contribution in [0.5, 0.6) is 5.75 Å². The number of amides is 1. The van der Waals surface area contributed by atoms with Crippen molar-refractivity contribution in [2.45, 2.75) is 18.9 Å². The average molecular weight is 366 g/mol. The molecular formula is C12H13ClINO2. The van der Waals surface area contributed by atoms with E-state index in [9.17, 15) is 9.90 Å². The summed E-state index contributed by atoms with van der Waals surface area (Å²) >= 11 is 7.97. The number of hydrogen-bond donors (Lipinski definition) is 1. The molecule has 3 nitrogen and oxygen atoms in total. The summed E-state index contributed by atoms with van der Waals surface area (Å²) < 4.78 is 0.936. The van der Waals surface area contributed by atoms with Gasteiger partial charge in [0, 0.05) is 22.0 Å². The molecule has 1 heterocycles. The lowest BCUT2D eigenvalue weighted by Gasteiger charge is -2.23. The van der Waals surface area contributed by atoms with Gasteiger partial charge in [-0.25, -0.2) is 0 Å². The number of phenolic OH excluding ortho intramolecular Hbond substituents is 1. The topological polar surface area (TPSA) is 40.5 Å². The number of alkyl halides is 1. The normalized spacial score (nSPS) is 19.6. The SMILES string of the molecule is O=C(c1cc(I)ccc1O)N1CCCC1CCl. The number of nitrogens with zero attached hydrogens (tertiary/aromatic N) is 1. The zero-order valence-electron chi connectivity index (χ0n) is 9.20. The molecule has 0 aliphatic carbocycles. The zero-order valence-corrected chi connectivity index (χ0v) is 12.1. The van der Waals surface area contributed by atoms with Crippen molar-refractivity contribution in [3.8, 4) is 5.75 Å². The molecular weight excluding hydrogens is 352 g/mol. The third kappa shape index (κ3) is 2.68. The highest BCUT2D eigenvalue weighted by Gasteiger charge is 2.29. The quantitative estimate of drug-likeness (QED) is 0.647. The fourth-order valence-electron chi connectivity index (χ4n) is 2.10. The van der Waals surface area contributed by atoms with Crippen molar-refractivity contribution in [1.82, 2.24) is 4.90 Å². The number of rotatable bonds is 2. The van der Waals surface area contributed by atoms with Crippen molar-refractivity contribution in [2.75, 3.05) is 12.4 Å². The van der Waals surface area contributed by atoms with E-state index >= 15 is 0 Å². The van der Waals surface area contributed by atoms with Gasteiger partial charge in [-0.3, -0.25) is 4.79 Å². The first kappa shape index (κ1) is 13.0. The van der Waals surface area contributed by atoms with Crippen molar-refractivity contribution in [2.24, 2.45) is 0 Å². The lowest BCUT2D eigenvalue weighted by molar-refractivity contribution is 0.0746. The van der Waals surface area contributed by atoms with Gasteiger partial charge in [0.05, 0.1) is 5.56 Å². The van der Waals surface area contributed by atoms with Gasteiger partial charge in [0.25, 0.3) is 5.91 Å². The predicted octanol–water partition coefficient (Wildman–Crippen LogP) is 2.84. The molecule has 0 aromatic heterocycles. The number of halogens is 2. The summed E-state index contributed by atoms with van der Waals surface area (Å²) in [4.78, 5) is 14.1. The number of hydrogen-bond acceptors (Lipinski definition) is 2. The Morgan fingerprint density at radius 1 is 1.59 bits per heavy atom. The predicted molar refractivity (Wildman–Crippen MR) is 75.6 cm³/mol. The van der Waals surface area contributed by atoms with Crippen molar-refractivity contribution in [3.05, 3.63) is 27.3 Å². The van der Waals surface area contributed by atoms with E-state index in [0.717, 1.165) is 23.0 Å². The molecule has 1 N–H and O–H groups in total. The van der Waals surface area contributed by atoms with Gasteiger partial charge < -0.3 is 10.0 Å². The smallest absolute Gasteiger partial charge is 0.257 e. The highest BCUT2D eigenvalue weighted by atomic mass is 127. The van der Waals surface area contributed by atoms with Gasteiger partial charge in [-0.1, -0.05) is 0 Å². The Morgan fingerprint density at radius 3 is 3.06 bits per heavy atom. The Bertz CT molecular complexity index is 439. The number of aromatic hydroxyl groups is 1. The minimum atomic E-state index is -0.121. The molecule has 5 heteroatoms. The molecule has 92 valence electrons. The van der Waals surface area contributed by atoms with Crippen LogP contribution in [0.15, 0.2) is 18.2 Å². The molecule has 2 rings (SSSR count). The van der Waals surface area contributed by atoms with E-state index < -0.39 is 0 Å². The van der Waals surface area contributed by atoms with E-state index in [0.29, 0.717) is 11.4 Å². The van der Waals surface area contributed by atoms with Crippen LogP contribution in [0.25, 0.3) is 0 Å². The maximum atomic E-state index is 12.3. The van der Waals surface area contributed by atoms with Crippen LogP contribution < -0.4 is 0 Å². The van der Waals surface area contributed by atoms with Gasteiger partial charge in [-0.2, -0.15) is 0 Å². The molecule has 1 aromatic rings. The Labute approximate surface area is 119 Å². The minimum absolute atomic E-state index is 0.0376. The maximum Gasteiger partial charge on any atom is 0.257 e. The van der Waals surface area contributed by atoms with Crippen LogP contribution >= 0.6 is 34.2 Å². The molecule has 0 radical (unpaired) electrons. The van der Waals surface area contributed by atoms with Crippen LogP contribution in [0, 0.1) is 3.57 Å². The van der Waals surface area contributed by atoms with Crippen LogP contribution in [-0.4, -0.2) is 34.4 Å². The third-order valence-corrected chi connectivity index (χ3v) is 4.03. The van der Waals surface area contributed by atoms with E-state index in [1.807, 2.05) is 0 Å². The molecule has 1 aliphatic heterocycles. The summed E-state index contributed by atoms with van der Waals surface area (Å²) in [6.45, 7) is 0.723. The second-order valence-corrected chi connectivity index (χ2v) is 5.66. The van der Waals surface area contributed by atoms with E-state index in [1.54, 1.807) is 23.1 Å². The largest absolute Gasteiger partial charge is 0.507 e. The molecule has 1 amide bonds. The lowest BCUT2D eigenvalue weighted by Crippen LogP contribution is -2.36. The Morgan fingerprint density at radius 2 is 2.35 bits per heavy atom. The first-order valence-corrected chi connectivity index (χ1v) is 7.10. The highest BCUT2D eigenvalue weighted by molar-refractivity contribution is 14.1. The number of carbonyl (C=O) groups is 1. The van der Waals surface area contributed by atoms with Crippen LogP contribution in [0.4, 0.5) is 0 Å². The van der Waals surface area contributed by atoms with Crippen LogP contribution in [0.2, 0.25) is 0 Å². The molecule has 1 saturated heterocycles. The summed E-state index contributed by atoms with van der Waals surface area (Å²) in [6.07, 6.45) is 1.92. The first-order chi connectivity index (χ1) is 8.13. The molecule has 1 fully saturated rings. The standard InChI is InChI=1S/C12H13ClINO2/c13-7-9-2-1-5-15(9)12(17)10-6-8(14)3-4-11(10)16/h3-4,6,9,16H,1-2,5,7H2. The summed E-state index contributed by atoms with van der Waals surface area (Å²) in [5, 5.41) is 9.74. The summed E-state index contributed by atoms with van der Waals surface area (Å²) in [5.41, 5.74) is 0.369. The molecule has 0 saturated carbocycles. The fourth-order valence-corrected chi connectivity index (χ4v) is 2.91. The molecule has 1 unspecified atom stereocenters. The van der Waals surface area contributed by atoms with Gasteiger partial charge in [0.1, 0.15) is 5.75 Å². The number of carbonyl (C=O) groups excluding carboxylic acids is 1. The second kappa shape index (κ2) is 5.44. The van der Waals surface area contributed by atoms with Crippen LogP contribution in [0.3, 0.4) is 0 Å². The Kier molecular flexibility index (Phi) is 4.14. The lowest BCUT2D eigenvalue weighted by atomic mass is 10.1. The second-order valence-electron chi connectivity index (χ2n) is 4.11. The van der Waals surface area contributed by atoms with Gasteiger partial charge in [-0.05, 0) is 53.6 Å². The maximum absolute atomic E-state index is 12.3. The molecule has 17 heavy (non-hydrogen) atoms. The molecule has 1 atom stereocenters. The van der Waals surface area contributed by atoms with Crippen molar-refractivity contribution in [3.63, 3.8) is 0 Å². The number of phenols is 1.